The number of hydrogen-bond acceptors (Lipinski definition) is 2. The Morgan fingerprint density at radius 2 is 2.00 bits per heavy atom. The molecule has 15 heavy (non-hydrogen) atoms. The van der Waals surface area contributed by atoms with Crippen LogP contribution in [0.25, 0.3) is 0 Å². The summed E-state index contributed by atoms with van der Waals surface area (Å²) in [7, 11) is 0. The number of benzene rings is 1. The van der Waals surface area contributed by atoms with Gasteiger partial charge < -0.3 is 10.2 Å². The normalized spacial score (nSPS) is 24.9. The van der Waals surface area contributed by atoms with Crippen LogP contribution in [0, 0.1) is 11.8 Å². The average molecular weight is 206 g/mol. The topological polar surface area (TPSA) is 40.5 Å². The predicted molar refractivity (Wildman–Crippen MR) is 60.1 cm³/mol. The summed E-state index contributed by atoms with van der Waals surface area (Å²) in [5.74, 6) is 1.41. The molecule has 0 radical (unpaired) electrons. The van der Waals surface area contributed by atoms with Gasteiger partial charge in [0.15, 0.2) is 11.5 Å². The first-order valence-corrected chi connectivity index (χ1v) is 5.66. The van der Waals surface area contributed by atoms with E-state index in [2.05, 4.69) is 13.8 Å². The van der Waals surface area contributed by atoms with Gasteiger partial charge in [0.1, 0.15) is 0 Å². The molecule has 0 fully saturated rings. The van der Waals surface area contributed by atoms with Gasteiger partial charge in [0.2, 0.25) is 0 Å². The summed E-state index contributed by atoms with van der Waals surface area (Å²) in [5.41, 5.74) is 2.16. The summed E-state index contributed by atoms with van der Waals surface area (Å²) in [6.07, 6.45) is 3.05. The molecule has 0 spiro atoms. The minimum atomic E-state index is 0.0122. The molecule has 2 atom stereocenters. The Labute approximate surface area is 90.6 Å². The summed E-state index contributed by atoms with van der Waals surface area (Å²) < 4.78 is 0. The van der Waals surface area contributed by atoms with Crippen LogP contribution in [0.4, 0.5) is 0 Å². The number of phenols is 2. The van der Waals surface area contributed by atoms with Gasteiger partial charge in [0.05, 0.1) is 0 Å². The van der Waals surface area contributed by atoms with E-state index in [1.807, 2.05) is 6.07 Å². The lowest BCUT2D eigenvalue weighted by Gasteiger charge is -2.30. The third-order valence-corrected chi connectivity index (χ3v) is 3.70. The van der Waals surface area contributed by atoms with Crippen LogP contribution >= 0.6 is 0 Å². The molecular formula is C13H18O2. The molecule has 1 aromatic rings. The maximum atomic E-state index is 9.79. The minimum Gasteiger partial charge on any atom is -0.504 e. The van der Waals surface area contributed by atoms with Crippen LogP contribution in [-0.4, -0.2) is 10.2 Å². The van der Waals surface area contributed by atoms with Crippen molar-refractivity contribution in [2.75, 3.05) is 0 Å². The molecule has 1 aliphatic carbocycles. The Morgan fingerprint density at radius 3 is 2.67 bits per heavy atom. The summed E-state index contributed by atoms with van der Waals surface area (Å²) in [6, 6.07) is 3.53. The molecule has 1 unspecified atom stereocenters. The van der Waals surface area contributed by atoms with Gasteiger partial charge in [-0.2, -0.15) is 0 Å². The standard InChI is InChI=1S/C13H18O2/c1-3-9-7-11-10(6-8(9)2)4-5-12(14)13(11)15/h4-5,8-9,14-15H,3,6-7H2,1-2H3/t8?,9-/m1/s1. The van der Waals surface area contributed by atoms with Crippen LogP contribution in [0.1, 0.15) is 31.4 Å². The van der Waals surface area contributed by atoms with Crippen LogP contribution in [0.15, 0.2) is 12.1 Å². The maximum Gasteiger partial charge on any atom is 0.160 e. The van der Waals surface area contributed by atoms with Crippen LogP contribution in [0.2, 0.25) is 0 Å². The van der Waals surface area contributed by atoms with Gasteiger partial charge in [-0.15, -0.1) is 0 Å². The maximum absolute atomic E-state index is 9.79. The zero-order valence-electron chi connectivity index (χ0n) is 9.33. The first-order valence-electron chi connectivity index (χ1n) is 5.66. The van der Waals surface area contributed by atoms with Crippen molar-refractivity contribution in [3.05, 3.63) is 23.3 Å². The van der Waals surface area contributed by atoms with E-state index in [1.165, 1.54) is 5.56 Å². The van der Waals surface area contributed by atoms with Crippen molar-refractivity contribution in [1.29, 1.82) is 0 Å². The van der Waals surface area contributed by atoms with E-state index in [1.54, 1.807) is 6.07 Å². The minimum absolute atomic E-state index is 0.0122. The molecule has 0 aliphatic heterocycles. The van der Waals surface area contributed by atoms with Crippen molar-refractivity contribution < 1.29 is 10.2 Å². The molecule has 2 nitrogen and oxygen atoms in total. The van der Waals surface area contributed by atoms with E-state index in [-0.39, 0.29) is 11.5 Å². The quantitative estimate of drug-likeness (QED) is 0.694. The van der Waals surface area contributed by atoms with Gasteiger partial charge in [0, 0.05) is 5.56 Å². The first-order chi connectivity index (χ1) is 7.13. The fourth-order valence-corrected chi connectivity index (χ4v) is 2.61. The number of rotatable bonds is 1. The molecule has 0 saturated carbocycles. The lowest BCUT2D eigenvalue weighted by molar-refractivity contribution is 0.312. The second-order valence-electron chi connectivity index (χ2n) is 4.62. The van der Waals surface area contributed by atoms with Gasteiger partial charge in [-0.3, -0.25) is 0 Å². The number of fused-ring (bicyclic) bond motifs is 1. The molecular weight excluding hydrogens is 188 g/mol. The SMILES string of the molecule is CC[C@@H]1Cc2c(ccc(O)c2O)CC1C. The summed E-state index contributed by atoms with van der Waals surface area (Å²) in [5, 5.41) is 19.2. The number of hydrogen-bond donors (Lipinski definition) is 2. The fraction of sp³-hybridized carbons (Fsp3) is 0.538. The predicted octanol–water partition coefficient (Wildman–Crippen LogP) is 2.86. The van der Waals surface area contributed by atoms with Gasteiger partial charge >= 0.3 is 0 Å². The van der Waals surface area contributed by atoms with Crippen LogP contribution in [0.3, 0.4) is 0 Å². The molecule has 0 saturated heterocycles. The monoisotopic (exact) mass is 206 g/mol. The van der Waals surface area contributed by atoms with Crippen LogP contribution in [0.5, 0.6) is 11.5 Å². The molecule has 0 amide bonds. The Hall–Kier alpha value is -1.18. The molecule has 2 N–H and O–H groups in total. The second-order valence-corrected chi connectivity index (χ2v) is 4.62. The Morgan fingerprint density at radius 1 is 1.27 bits per heavy atom. The first kappa shape index (κ1) is 10.3. The van der Waals surface area contributed by atoms with E-state index in [9.17, 15) is 10.2 Å². The Bertz CT molecular complexity index is 371. The van der Waals surface area contributed by atoms with E-state index in [4.69, 9.17) is 0 Å². The molecule has 82 valence electrons. The molecule has 1 aromatic carbocycles. The highest BCUT2D eigenvalue weighted by Gasteiger charge is 2.26. The van der Waals surface area contributed by atoms with Crippen molar-refractivity contribution in [3.63, 3.8) is 0 Å². The second kappa shape index (κ2) is 3.76. The molecule has 0 heterocycles. The van der Waals surface area contributed by atoms with E-state index < -0.39 is 0 Å². The summed E-state index contributed by atoms with van der Waals surface area (Å²) in [6.45, 7) is 4.45. The van der Waals surface area contributed by atoms with Crippen LogP contribution in [-0.2, 0) is 12.8 Å². The molecule has 2 heteroatoms. The highest BCUT2D eigenvalue weighted by Crippen LogP contribution is 2.40. The molecule has 1 aliphatic rings. The van der Waals surface area contributed by atoms with E-state index >= 15 is 0 Å². The zero-order chi connectivity index (χ0) is 11.0. The van der Waals surface area contributed by atoms with E-state index in [0.717, 1.165) is 24.8 Å². The van der Waals surface area contributed by atoms with Crippen LogP contribution < -0.4 is 0 Å². The lowest BCUT2D eigenvalue weighted by Crippen LogP contribution is -2.22. The smallest absolute Gasteiger partial charge is 0.160 e. The lowest BCUT2D eigenvalue weighted by atomic mass is 9.75. The Kier molecular flexibility index (Phi) is 2.59. The number of aromatic hydroxyl groups is 2. The summed E-state index contributed by atoms with van der Waals surface area (Å²) in [4.78, 5) is 0. The van der Waals surface area contributed by atoms with Crippen molar-refractivity contribution in [2.24, 2.45) is 11.8 Å². The third kappa shape index (κ3) is 1.69. The zero-order valence-corrected chi connectivity index (χ0v) is 9.33. The largest absolute Gasteiger partial charge is 0.504 e. The van der Waals surface area contributed by atoms with E-state index in [0.29, 0.717) is 11.8 Å². The third-order valence-electron chi connectivity index (χ3n) is 3.70. The van der Waals surface area contributed by atoms with Gasteiger partial charge in [-0.05, 0) is 36.3 Å². The fourth-order valence-electron chi connectivity index (χ4n) is 2.61. The highest BCUT2D eigenvalue weighted by atomic mass is 16.3. The average Bonchev–Trinajstić information content (AvgIpc) is 2.23. The van der Waals surface area contributed by atoms with Gasteiger partial charge in [0.25, 0.3) is 0 Å². The van der Waals surface area contributed by atoms with Gasteiger partial charge in [-0.25, -0.2) is 0 Å². The molecule has 2 rings (SSSR count). The summed E-state index contributed by atoms with van der Waals surface area (Å²) >= 11 is 0. The molecule has 0 bridgehead atoms. The molecule has 0 aromatic heterocycles. The van der Waals surface area contributed by atoms with Crippen molar-refractivity contribution in [2.45, 2.75) is 33.1 Å². The van der Waals surface area contributed by atoms with Crippen molar-refractivity contribution in [3.8, 4) is 11.5 Å². The number of phenolic OH excluding ortho intramolecular Hbond substituents is 2. The Balaban J connectivity index is 2.41. The van der Waals surface area contributed by atoms with Crippen molar-refractivity contribution in [1.82, 2.24) is 0 Å². The van der Waals surface area contributed by atoms with Crippen molar-refractivity contribution >= 4 is 0 Å². The highest BCUT2D eigenvalue weighted by molar-refractivity contribution is 5.50. The van der Waals surface area contributed by atoms with Gasteiger partial charge in [-0.1, -0.05) is 26.3 Å².